The van der Waals surface area contributed by atoms with Crippen molar-refractivity contribution in [3.8, 4) is 0 Å². The Labute approximate surface area is 169 Å². The van der Waals surface area contributed by atoms with Gasteiger partial charge in [-0.05, 0) is 48.7 Å². The first-order valence-corrected chi connectivity index (χ1v) is 9.60. The molecule has 0 unspecified atom stereocenters. The summed E-state index contributed by atoms with van der Waals surface area (Å²) in [6.07, 6.45) is 6.70. The van der Waals surface area contributed by atoms with E-state index in [1.807, 2.05) is 12.1 Å². The molecular formula is C22H24N6O. The van der Waals surface area contributed by atoms with E-state index in [1.165, 1.54) is 11.8 Å². The van der Waals surface area contributed by atoms with Crippen molar-refractivity contribution in [3.05, 3.63) is 66.1 Å². The van der Waals surface area contributed by atoms with Crippen LogP contribution in [0.2, 0.25) is 0 Å². The molecule has 1 aliphatic carbocycles. The number of benzene rings is 1. The number of fused-ring (bicyclic) bond motifs is 1. The number of allylic oxidation sites excluding steroid dienone is 1. The second kappa shape index (κ2) is 7.89. The Morgan fingerprint density at radius 2 is 2.10 bits per heavy atom. The van der Waals surface area contributed by atoms with Gasteiger partial charge in [-0.15, -0.1) is 0 Å². The molecule has 0 radical (unpaired) electrons. The van der Waals surface area contributed by atoms with Crippen LogP contribution in [0.25, 0.3) is 16.5 Å². The molecule has 7 heteroatoms. The quantitative estimate of drug-likeness (QED) is 0.299. The van der Waals surface area contributed by atoms with Crippen molar-refractivity contribution in [1.29, 1.82) is 5.41 Å². The lowest BCUT2D eigenvalue weighted by Gasteiger charge is -2.21. The van der Waals surface area contributed by atoms with Crippen molar-refractivity contribution in [2.24, 2.45) is 0 Å². The number of nitrogen functional groups attached to an aromatic ring is 1. The molecule has 0 saturated heterocycles. The maximum absolute atomic E-state index is 8.92. The molecule has 148 valence electrons. The Morgan fingerprint density at radius 1 is 1.24 bits per heavy atom. The van der Waals surface area contributed by atoms with E-state index in [0.717, 1.165) is 23.7 Å². The van der Waals surface area contributed by atoms with E-state index < -0.39 is 0 Å². The Bertz CT molecular complexity index is 1070. The smallest absolute Gasteiger partial charge is 0.150 e. The van der Waals surface area contributed by atoms with Gasteiger partial charge in [0.15, 0.2) is 5.82 Å². The van der Waals surface area contributed by atoms with Gasteiger partial charge in [-0.2, -0.15) is 0 Å². The highest BCUT2D eigenvalue weighted by Gasteiger charge is 2.45. The molecule has 0 aliphatic heterocycles. The fraction of sp³-hybridized carbons (Fsp3) is 0.227. The van der Waals surface area contributed by atoms with Crippen molar-refractivity contribution in [3.63, 3.8) is 0 Å². The highest BCUT2D eigenvalue weighted by atomic mass is 16.3. The number of nitrogens with two attached hydrogens (primary N) is 1. The zero-order chi connectivity index (χ0) is 20.3. The third kappa shape index (κ3) is 3.90. The molecule has 4 rings (SSSR count). The largest absolute Gasteiger partial charge is 0.396 e. The van der Waals surface area contributed by atoms with Gasteiger partial charge >= 0.3 is 0 Å². The zero-order valence-electron chi connectivity index (χ0n) is 16.0. The van der Waals surface area contributed by atoms with E-state index in [4.69, 9.17) is 16.2 Å². The molecule has 1 fully saturated rings. The van der Waals surface area contributed by atoms with Crippen LogP contribution in [0.3, 0.4) is 0 Å². The first-order chi connectivity index (χ1) is 14.1. The van der Waals surface area contributed by atoms with Crippen LogP contribution < -0.4 is 16.4 Å². The fourth-order valence-electron chi connectivity index (χ4n) is 3.38. The van der Waals surface area contributed by atoms with Crippen LogP contribution in [0.1, 0.15) is 24.1 Å². The van der Waals surface area contributed by atoms with Gasteiger partial charge in [-0.1, -0.05) is 12.1 Å². The maximum atomic E-state index is 8.92. The highest BCUT2D eigenvalue weighted by Crippen LogP contribution is 2.49. The normalized spacial score (nSPS) is 15.1. The van der Waals surface area contributed by atoms with Crippen LogP contribution in [0.15, 0.2) is 54.9 Å². The number of nitrogens with one attached hydrogen (secondary N) is 3. The van der Waals surface area contributed by atoms with Crippen LogP contribution in [0.5, 0.6) is 0 Å². The molecular weight excluding hydrogens is 364 g/mol. The number of hydrogen-bond donors (Lipinski definition) is 5. The monoisotopic (exact) mass is 388 g/mol. The molecule has 3 aromatic rings. The first kappa shape index (κ1) is 18.9. The van der Waals surface area contributed by atoms with Gasteiger partial charge in [0.2, 0.25) is 0 Å². The fourth-order valence-corrected chi connectivity index (χ4v) is 3.38. The number of anilines is 2. The Morgan fingerprint density at radius 3 is 2.86 bits per heavy atom. The van der Waals surface area contributed by atoms with Crippen molar-refractivity contribution in [2.45, 2.75) is 18.4 Å². The third-order valence-corrected chi connectivity index (χ3v) is 5.15. The topological polar surface area (TPSA) is 120 Å². The lowest BCUT2D eigenvalue weighted by Crippen LogP contribution is -2.21. The van der Waals surface area contributed by atoms with Crippen LogP contribution in [-0.2, 0) is 5.54 Å². The summed E-state index contributed by atoms with van der Waals surface area (Å²) in [4.78, 5) is 9.06. The van der Waals surface area contributed by atoms with E-state index in [-0.39, 0.29) is 12.1 Å². The molecule has 1 aromatic carbocycles. The predicted octanol–water partition coefficient (Wildman–Crippen LogP) is 2.89. The van der Waals surface area contributed by atoms with E-state index >= 15 is 0 Å². The van der Waals surface area contributed by atoms with Crippen LogP contribution in [-0.4, -0.2) is 34.4 Å². The molecule has 1 aliphatic rings. The SMILES string of the molecule is N=C/C(=C\NCCO)c1ccc(N)c(NC2(c3ccc4ncccc4c3)CC2)n1. The molecule has 0 bridgehead atoms. The standard InChI is InChI=1S/C22H24N6O/c23-13-16(14-25-10-11-29)20-6-4-18(24)21(27-20)28-22(7-8-22)17-3-5-19-15(12-17)2-1-9-26-19/h1-6,9,12-14,23,25,29H,7-8,10-11,24H2,(H,27,28)/b16-14+,23-13?. The van der Waals surface area contributed by atoms with Gasteiger partial charge in [0.05, 0.1) is 29.0 Å². The number of aliphatic hydroxyl groups is 1. The van der Waals surface area contributed by atoms with Crippen LogP contribution >= 0.6 is 0 Å². The molecule has 0 spiro atoms. The summed E-state index contributed by atoms with van der Waals surface area (Å²) in [6.45, 7) is 0.435. The van der Waals surface area contributed by atoms with Crippen molar-refractivity contribution >= 4 is 34.2 Å². The molecule has 6 N–H and O–H groups in total. The Balaban J connectivity index is 1.63. The Kier molecular flexibility index (Phi) is 5.14. The molecule has 1 saturated carbocycles. The number of nitrogens with zero attached hydrogens (tertiary/aromatic N) is 2. The second-order valence-electron chi connectivity index (χ2n) is 7.17. The number of aromatic nitrogens is 2. The van der Waals surface area contributed by atoms with Crippen LogP contribution in [0, 0.1) is 5.41 Å². The van der Waals surface area contributed by atoms with Crippen molar-refractivity contribution in [1.82, 2.24) is 15.3 Å². The van der Waals surface area contributed by atoms with E-state index in [0.29, 0.717) is 29.3 Å². The highest BCUT2D eigenvalue weighted by molar-refractivity contribution is 6.07. The summed E-state index contributed by atoms with van der Waals surface area (Å²) in [5.74, 6) is 0.612. The zero-order valence-corrected chi connectivity index (χ0v) is 16.0. The third-order valence-electron chi connectivity index (χ3n) is 5.15. The first-order valence-electron chi connectivity index (χ1n) is 9.60. The number of rotatable bonds is 8. The molecule has 2 aromatic heterocycles. The summed E-state index contributed by atoms with van der Waals surface area (Å²) in [6, 6.07) is 13.9. The van der Waals surface area contributed by atoms with Crippen molar-refractivity contribution in [2.75, 3.05) is 24.2 Å². The molecule has 0 amide bonds. The van der Waals surface area contributed by atoms with Gasteiger partial charge in [-0.25, -0.2) is 4.98 Å². The van der Waals surface area contributed by atoms with Gasteiger partial charge in [-0.3, -0.25) is 4.98 Å². The minimum Gasteiger partial charge on any atom is -0.396 e. The lowest BCUT2D eigenvalue weighted by atomic mass is 10.0. The Hall–Kier alpha value is -3.45. The van der Waals surface area contributed by atoms with Gasteiger partial charge < -0.3 is 26.9 Å². The molecule has 0 atom stereocenters. The van der Waals surface area contributed by atoms with Gasteiger partial charge in [0, 0.05) is 36.1 Å². The minimum atomic E-state index is -0.187. The van der Waals surface area contributed by atoms with E-state index in [9.17, 15) is 0 Å². The molecule has 29 heavy (non-hydrogen) atoms. The number of pyridine rings is 2. The van der Waals surface area contributed by atoms with Crippen molar-refractivity contribution < 1.29 is 5.11 Å². The predicted molar refractivity (Wildman–Crippen MR) is 117 cm³/mol. The number of aliphatic hydroxyl groups excluding tert-OH is 1. The van der Waals surface area contributed by atoms with E-state index in [1.54, 1.807) is 24.5 Å². The maximum Gasteiger partial charge on any atom is 0.150 e. The van der Waals surface area contributed by atoms with Gasteiger partial charge in [0.25, 0.3) is 0 Å². The summed E-state index contributed by atoms with van der Waals surface area (Å²) < 4.78 is 0. The summed E-state index contributed by atoms with van der Waals surface area (Å²) in [7, 11) is 0. The summed E-state index contributed by atoms with van der Waals surface area (Å²) >= 11 is 0. The summed E-state index contributed by atoms with van der Waals surface area (Å²) in [5, 5.41) is 24.2. The lowest BCUT2D eigenvalue weighted by molar-refractivity contribution is 0.298. The van der Waals surface area contributed by atoms with Crippen LogP contribution in [0.4, 0.5) is 11.5 Å². The minimum absolute atomic E-state index is 0.0214. The average molecular weight is 388 g/mol. The molecule has 7 nitrogen and oxygen atoms in total. The molecule has 2 heterocycles. The number of hydrogen-bond acceptors (Lipinski definition) is 7. The average Bonchev–Trinajstić information content (AvgIpc) is 3.53. The summed E-state index contributed by atoms with van der Waals surface area (Å²) in [5.41, 5.74) is 9.99. The second-order valence-corrected chi connectivity index (χ2v) is 7.17. The van der Waals surface area contributed by atoms with Gasteiger partial charge in [0.1, 0.15) is 0 Å². The van der Waals surface area contributed by atoms with E-state index in [2.05, 4.69) is 38.8 Å².